The van der Waals surface area contributed by atoms with Gasteiger partial charge in [-0.2, -0.15) is 0 Å². The molecule has 0 atom stereocenters. The summed E-state index contributed by atoms with van der Waals surface area (Å²) in [5.74, 6) is 0.735. The zero-order chi connectivity index (χ0) is 12.0. The Morgan fingerprint density at radius 3 is 2.88 bits per heavy atom. The maximum Gasteiger partial charge on any atom is 0.144 e. The van der Waals surface area contributed by atoms with Gasteiger partial charge in [-0.1, -0.05) is 6.08 Å². The molecule has 0 heterocycles. The fourth-order valence-electron chi connectivity index (χ4n) is 1.32. The van der Waals surface area contributed by atoms with Crippen molar-refractivity contribution >= 4 is 11.4 Å². The molecule has 0 unspecified atom stereocenters. The molecule has 0 aromatic heterocycles. The molecular weight excluding hydrogens is 200 g/mol. The van der Waals surface area contributed by atoms with Crippen molar-refractivity contribution in [3.05, 3.63) is 30.9 Å². The molecule has 1 rings (SSSR count). The number of anilines is 2. The molecule has 88 valence electrons. The van der Waals surface area contributed by atoms with E-state index in [2.05, 4.69) is 11.9 Å². The summed E-state index contributed by atoms with van der Waals surface area (Å²) in [4.78, 5) is 0. The van der Waals surface area contributed by atoms with Crippen LogP contribution in [0.2, 0.25) is 0 Å². The maximum absolute atomic E-state index is 5.82. The highest BCUT2D eigenvalue weighted by atomic mass is 16.5. The average molecular weight is 220 g/mol. The number of ether oxygens (including phenoxy) is 1. The summed E-state index contributed by atoms with van der Waals surface area (Å²) in [5.41, 5.74) is 7.51. The third-order valence-electron chi connectivity index (χ3n) is 2.05. The van der Waals surface area contributed by atoms with Crippen LogP contribution in [0.3, 0.4) is 0 Å². The summed E-state index contributed by atoms with van der Waals surface area (Å²) in [6.07, 6.45) is 2.95. The van der Waals surface area contributed by atoms with Crippen LogP contribution in [0, 0.1) is 0 Å². The SMILES string of the molecule is C=CCCNc1ccc(N)c(OC(C)C)c1. The minimum atomic E-state index is 0.130. The normalized spacial score (nSPS) is 10.2. The maximum atomic E-state index is 5.82. The topological polar surface area (TPSA) is 47.3 Å². The number of rotatable bonds is 6. The van der Waals surface area contributed by atoms with Crippen molar-refractivity contribution in [2.45, 2.75) is 26.4 Å². The number of benzene rings is 1. The van der Waals surface area contributed by atoms with Gasteiger partial charge in [0.2, 0.25) is 0 Å². The summed E-state index contributed by atoms with van der Waals surface area (Å²) in [7, 11) is 0. The zero-order valence-corrected chi connectivity index (χ0v) is 9.99. The highest BCUT2D eigenvalue weighted by molar-refractivity contribution is 5.61. The van der Waals surface area contributed by atoms with E-state index in [-0.39, 0.29) is 6.10 Å². The minimum absolute atomic E-state index is 0.130. The number of nitrogens with two attached hydrogens (primary N) is 1. The third kappa shape index (κ3) is 3.85. The van der Waals surface area contributed by atoms with Crippen LogP contribution in [0.5, 0.6) is 5.75 Å². The van der Waals surface area contributed by atoms with Gasteiger partial charge < -0.3 is 15.8 Å². The van der Waals surface area contributed by atoms with Gasteiger partial charge in [-0.3, -0.25) is 0 Å². The van der Waals surface area contributed by atoms with Crippen molar-refractivity contribution in [1.82, 2.24) is 0 Å². The highest BCUT2D eigenvalue weighted by Crippen LogP contribution is 2.26. The molecule has 0 bridgehead atoms. The van der Waals surface area contributed by atoms with Crippen molar-refractivity contribution in [1.29, 1.82) is 0 Å². The Balaban J connectivity index is 2.68. The second-order valence-electron chi connectivity index (χ2n) is 3.92. The Morgan fingerprint density at radius 2 is 2.25 bits per heavy atom. The number of hydrogen-bond donors (Lipinski definition) is 2. The van der Waals surface area contributed by atoms with E-state index in [1.54, 1.807) is 0 Å². The fourth-order valence-corrected chi connectivity index (χ4v) is 1.32. The first-order valence-electron chi connectivity index (χ1n) is 5.54. The van der Waals surface area contributed by atoms with Crippen molar-refractivity contribution in [3.63, 3.8) is 0 Å². The van der Waals surface area contributed by atoms with Crippen LogP contribution < -0.4 is 15.8 Å². The molecule has 0 aliphatic heterocycles. The Labute approximate surface area is 97.3 Å². The van der Waals surface area contributed by atoms with Gasteiger partial charge >= 0.3 is 0 Å². The molecule has 1 aromatic rings. The molecule has 0 aliphatic carbocycles. The van der Waals surface area contributed by atoms with Gasteiger partial charge in [0.1, 0.15) is 5.75 Å². The van der Waals surface area contributed by atoms with Crippen molar-refractivity contribution in [2.75, 3.05) is 17.6 Å². The standard InChI is InChI=1S/C13H20N2O/c1-4-5-8-15-11-6-7-12(14)13(9-11)16-10(2)3/h4,6-7,9-10,15H,1,5,8,14H2,2-3H3. The van der Waals surface area contributed by atoms with Gasteiger partial charge in [-0.25, -0.2) is 0 Å². The molecule has 3 nitrogen and oxygen atoms in total. The van der Waals surface area contributed by atoms with Gasteiger partial charge in [0.05, 0.1) is 11.8 Å². The molecule has 0 amide bonds. The molecule has 0 spiro atoms. The lowest BCUT2D eigenvalue weighted by Gasteiger charge is -2.14. The van der Waals surface area contributed by atoms with Gasteiger partial charge in [-0.05, 0) is 32.4 Å². The number of nitrogens with one attached hydrogen (secondary N) is 1. The van der Waals surface area contributed by atoms with Gasteiger partial charge in [-0.15, -0.1) is 6.58 Å². The quantitative estimate of drug-likeness (QED) is 0.440. The van der Waals surface area contributed by atoms with E-state index in [0.29, 0.717) is 5.69 Å². The highest BCUT2D eigenvalue weighted by Gasteiger charge is 2.03. The second-order valence-corrected chi connectivity index (χ2v) is 3.92. The molecule has 0 saturated heterocycles. The summed E-state index contributed by atoms with van der Waals surface area (Å²) >= 11 is 0. The van der Waals surface area contributed by atoms with E-state index in [1.807, 2.05) is 38.1 Å². The molecule has 0 aliphatic rings. The lowest BCUT2D eigenvalue weighted by atomic mass is 10.2. The third-order valence-corrected chi connectivity index (χ3v) is 2.05. The van der Waals surface area contributed by atoms with Crippen molar-refractivity contribution in [2.24, 2.45) is 0 Å². The predicted molar refractivity (Wildman–Crippen MR) is 69.9 cm³/mol. The van der Waals surface area contributed by atoms with E-state index in [9.17, 15) is 0 Å². The van der Waals surface area contributed by atoms with E-state index in [0.717, 1.165) is 24.4 Å². The van der Waals surface area contributed by atoms with Gasteiger partial charge in [0.25, 0.3) is 0 Å². The first-order valence-corrected chi connectivity index (χ1v) is 5.54. The van der Waals surface area contributed by atoms with Crippen LogP contribution in [0.25, 0.3) is 0 Å². The van der Waals surface area contributed by atoms with Crippen LogP contribution >= 0.6 is 0 Å². The molecule has 3 heteroatoms. The molecule has 0 saturated carbocycles. The Kier molecular flexibility index (Phi) is 4.70. The zero-order valence-electron chi connectivity index (χ0n) is 9.99. The summed E-state index contributed by atoms with van der Waals surface area (Å²) in [5, 5.41) is 3.28. The van der Waals surface area contributed by atoms with Crippen LogP contribution in [0.15, 0.2) is 30.9 Å². The van der Waals surface area contributed by atoms with Crippen molar-refractivity contribution in [3.8, 4) is 5.75 Å². The van der Waals surface area contributed by atoms with Crippen molar-refractivity contribution < 1.29 is 4.74 Å². The number of nitrogen functional groups attached to an aromatic ring is 1. The van der Waals surface area contributed by atoms with Crippen LogP contribution in [-0.2, 0) is 0 Å². The van der Waals surface area contributed by atoms with E-state index in [1.165, 1.54) is 0 Å². The molecular formula is C13H20N2O. The first-order chi connectivity index (χ1) is 7.63. The van der Waals surface area contributed by atoms with Crippen LogP contribution in [0.1, 0.15) is 20.3 Å². The van der Waals surface area contributed by atoms with E-state index < -0.39 is 0 Å². The van der Waals surface area contributed by atoms with Crippen LogP contribution in [-0.4, -0.2) is 12.6 Å². The van der Waals surface area contributed by atoms with Crippen LogP contribution in [0.4, 0.5) is 11.4 Å². The molecule has 0 radical (unpaired) electrons. The Bertz CT molecular complexity index is 348. The monoisotopic (exact) mass is 220 g/mol. The van der Waals surface area contributed by atoms with Gasteiger partial charge in [0, 0.05) is 18.3 Å². The summed E-state index contributed by atoms with van der Waals surface area (Å²) in [6.45, 7) is 8.51. The van der Waals surface area contributed by atoms with Gasteiger partial charge in [0.15, 0.2) is 0 Å². The molecule has 1 aromatic carbocycles. The lowest BCUT2D eigenvalue weighted by molar-refractivity contribution is 0.244. The smallest absolute Gasteiger partial charge is 0.144 e. The summed E-state index contributed by atoms with van der Waals surface area (Å²) in [6, 6.07) is 5.73. The first kappa shape index (κ1) is 12.4. The minimum Gasteiger partial charge on any atom is -0.489 e. The molecule has 0 fully saturated rings. The number of hydrogen-bond acceptors (Lipinski definition) is 3. The molecule has 3 N–H and O–H groups in total. The van der Waals surface area contributed by atoms with E-state index in [4.69, 9.17) is 10.5 Å². The average Bonchev–Trinajstić information content (AvgIpc) is 2.22. The largest absolute Gasteiger partial charge is 0.489 e. The lowest BCUT2D eigenvalue weighted by Crippen LogP contribution is -2.08. The van der Waals surface area contributed by atoms with E-state index >= 15 is 0 Å². The predicted octanol–water partition coefficient (Wildman–Crippen LogP) is 3.04. The second kappa shape index (κ2) is 6.05. The molecule has 16 heavy (non-hydrogen) atoms. The Morgan fingerprint density at radius 1 is 1.50 bits per heavy atom. The Hall–Kier alpha value is -1.64. The summed E-state index contributed by atoms with van der Waals surface area (Å²) < 4.78 is 5.61. The fraction of sp³-hybridized carbons (Fsp3) is 0.385.